The molecule has 1 fully saturated rings. The molecule has 0 unspecified atom stereocenters. The summed E-state index contributed by atoms with van der Waals surface area (Å²) in [5.41, 5.74) is 4.10. The number of rotatable bonds is 1. The Labute approximate surface area is 96.1 Å². The van der Waals surface area contributed by atoms with Crippen molar-refractivity contribution in [3.05, 3.63) is 36.0 Å². The predicted octanol–water partition coefficient (Wildman–Crippen LogP) is 1.58. The maximum Gasteiger partial charge on any atom is 0.0436 e. The van der Waals surface area contributed by atoms with Crippen LogP contribution in [0.2, 0.25) is 0 Å². The highest BCUT2D eigenvalue weighted by atomic mass is 15.2. The van der Waals surface area contributed by atoms with Gasteiger partial charge in [-0.3, -0.25) is 0 Å². The molecule has 0 bridgehead atoms. The summed E-state index contributed by atoms with van der Waals surface area (Å²) in [4.78, 5) is 2.48. The molecule has 1 saturated heterocycles. The molecule has 2 aliphatic rings. The number of fused-ring (bicyclic) bond motifs is 1. The lowest BCUT2D eigenvalue weighted by Crippen LogP contribution is -2.44. The van der Waals surface area contributed by atoms with Gasteiger partial charge >= 0.3 is 0 Å². The van der Waals surface area contributed by atoms with Crippen molar-refractivity contribution in [2.75, 3.05) is 36.4 Å². The number of nitrogens with one attached hydrogen (secondary N) is 2. The van der Waals surface area contributed by atoms with Crippen LogP contribution in [0.3, 0.4) is 0 Å². The molecule has 0 atom stereocenters. The van der Waals surface area contributed by atoms with Crippen LogP contribution in [0.25, 0.3) is 0 Å². The molecule has 0 aromatic heterocycles. The van der Waals surface area contributed by atoms with Gasteiger partial charge in [0.1, 0.15) is 0 Å². The summed E-state index contributed by atoms with van der Waals surface area (Å²) in [6, 6.07) is 6.54. The van der Waals surface area contributed by atoms with Gasteiger partial charge in [-0.25, -0.2) is 0 Å². The SMILES string of the molecule is C1=CNc2cccc(N3CCNCC3)c2C1. The van der Waals surface area contributed by atoms with E-state index in [0.29, 0.717) is 0 Å². The second-order valence-corrected chi connectivity index (χ2v) is 4.29. The lowest BCUT2D eigenvalue weighted by atomic mass is 10.0. The molecule has 1 aromatic carbocycles. The van der Waals surface area contributed by atoms with E-state index in [1.807, 2.05) is 6.20 Å². The molecule has 3 rings (SSSR count). The fraction of sp³-hybridized carbons (Fsp3) is 0.385. The Balaban J connectivity index is 1.94. The standard InChI is InChI=1S/C13H17N3/c1-4-12-11(3-2-6-15-12)13(5-1)16-9-7-14-8-10-16/h1-2,4-6,14-15H,3,7-10H2. The molecule has 0 spiro atoms. The summed E-state index contributed by atoms with van der Waals surface area (Å²) in [6.07, 6.45) is 5.26. The highest BCUT2D eigenvalue weighted by Gasteiger charge is 2.16. The van der Waals surface area contributed by atoms with Crippen LogP contribution in [0, 0.1) is 0 Å². The molecule has 3 nitrogen and oxygen atoms in total. The maximum absolute atomic E-state index is 3.39. The zero-order valence-corrected chi connectivity index (χ0v) is 9.37. The number of hydrogen-bond acceptors (Lipinski definition) is 3. The molecule has 84 valence electrons. The highest BCUT2D eigenvalue weighted by molar-refractivity contribution is 5.69. The minimum atomic E-state index is 1.04. The third-order valence-electron chi connectivity index (χ3n) is 3.29. The zero-order valence-electron chi connectivity index (χ0n) is 9.37. The molecule has 2 heterocycles. The number of anilines is 2. The number of allylic oxidation sites excluding steroid dienone is 1. The molecular weight excluding hydrogens is 198 g/mol. The lowest BCUT2D eigenvalue weighted by molar-refractivity contribution is 0.588. The topological polar surface area (TPSA) is 27.3 Å². The molecule has 1 aromatic rings. The van der Waals surface area contributed by atoms with Gasteiger partial charge in [0.2, 0.25) is 0 Å². The third kappa shape index (κ3) is 1.67. The molecule has 3 heteroatoms. The first-order valence-electron chi connectivity index (χ1n) is 5.94. The van der Waals surface area contributed by atoms with E-state index in [9.17, 15) is 0 Å². The van der Waals surface area contributed by atoms with Gasteiger partial charge in [-0.05, 0) is 24.8 Å². The van der Waals surface area contributed by atoms with Gasteiger partial charge in [-0.1, -0.05) is 12.1 Å². The van der Waals surface area contributed by atoms with E-state index >= 15 is 0 Å². The minimum Gasteiger partial charge on any atom is -0.369 e. The number of hydrogen-bond donors (Lipinski definition) is 2. The lowest BCUT2D eigenvalue weighted by Gasteiger charge is -2.32. The van der Waals surface area contributed by atoms with Gasteiger partial charge in [0.15, 0.2) is 0 Å². The molecule has 0 radical (unpaired) electrons. The second-order valence-electron chi connectivity index (χ2n) is 4.29. The largest absolute Gasteiger partial charge is 0.369 e. The monoisotopic (exact) mass is 215 g/mol. The van der Waals surface area contributed by atoms with Gasteiger partial charge in [-0.2, -0.15) is 0 Å². The molecule has 2 aliphatic heterocycles. The van der Waals surface area contributed by atoms with E-state index in [2.05, 4.69) is 39.8 Å². The van der Waals surface area contributed by atoms with E-state index in [4.69, 9.17) is 0 Å². The fourth-order valence-electron chi connectivity index (χ4n) is 2.45. The first-order chi connectivity index (χ1) is 7.95. The Bertz CT molecular complexity index is 406. The van der Waals surface area contributed by atoms with Crippen LogP contribution in [0.15, 0.2) is 30.5 Å². The molecule has 16 heavy (non-hydrogen) atoms. The van der Waals surface area contributed by atoms with Crippen LogP contribution in [-0.4, -0.2) is 26.2 Å². The van der Waals surface area contributed by atoms with E-state index in [1.54, 1.807) is 0 Å². The van der Waals surface area contributed by atoms with Crippen molar-refractivity contribution in [1.82, 2.24) is 5.32 Å². The smallest absolute Gasteiger partial charge is 0.0436 e. The maximum atomic E-state index is 3.39. The number of piperazine rings is 1. The molecular formula is C13H17N3. The molecule has 0 aliphatic carbocycles. The van der Waals surface area contributed by atoms with Crippen LogP contribution in [0.4, 0.5) is 11.4 Å². The summed E-state index contributed by atoms with van der Waals surface area (Å²) in [7, 11) is 0. The van der Waals surface area contributed by atoms with Crippen molar-refractivity contribution in [2.45, 2.75) is 6.42 Å². The third-order valence-corrected chi connectivity index (χ3v) is 3.29. The Hall–Kier alpha value is -1.48. The Kier molecular flexibility index (Phi) is 2.54. The second kappa shape index (κ2) is 4.18. The molecule has 2 N–H and O–H groups in total. The van der Waals surface area contributed by atoms with E-state index in [0.717, 1.165) is 32.6 Å². The van der Waals surface area contributed by atoms with Crippen molar-refractivity contribution >= 4 is 11.4 Å². The highest BCUT2D eigenvalue weighted by Crippen LogP contribution is 2.30. The van der Waals surface area contributed by atoms with Crippen molar-refractivity contribution in [3.63, 3.8) is 0 Å². The average molecular weight is 215 g/mol. The summed E-state index contributed by atoms with van der Waals surface area (Å²) >= 11 is 0. The van der Waals surface area contributed by atoms with Crippen molar-refractivity contribution < 1.29 is 0 Å². The average Bonchev–Trinajstić information content (AvgIpc) is 2.39. The van der Waals surface area contributed by atoms with E-state index < -0.39 is 0 Å². The van der Waals surface area contributed by atoms with Crippen LogP contribution in [0.5, 0.6) is 0 Å². The zero-order chi connectivity index (χ0) is 10.8. The van der Waals surface area contributed by atoms with E-state index in [1.165, 1.54) is 16.9 Å². The Morgan fingerprint density at radius 1 is 1.12 bits per heavy atom. The summed E-state index contributed by atoms with van der Waals surface area (Å²) < 4.78 is 0. The van der Waals surface area contributed by atoms with Crippen LogP contribution in [-0.2, 0) is 6.42 Å². The summed E-state index contributed by atoms with van der Waals surface area (Å²) in [5.74, 6) is 0. The van der Waals surface area contributed by atoms with Crippen LogP contribution < -0.4 is 15.5 Å². The summed E-state index contributed by atoms with van der Waals surface area (Å²) in [6.45, 7) is 4.40. The Morgan fingerprint density at radius 2 is 2.00 bits per heavy atom. The van der Waals surface area contributed by atoms with Gasteiger partial charge < -0.3 is 15.5 Å². The van der Waals surface area contributed by atoms with Crippen molar-refractivity contribution in [1.29, 1.82) is 0 Å². The molecule has 0 saturated carbocycles. The van der Waals surface area contributed by atoms with Crippen molar-refractivity contribution in [3.8, 4) is 0 Å². The van der Waals surface area contributed by atoms with Crippen molar-refractivity contribution in [2.24, 2.45) is 0 Å². The van der Waals surface area contributed by atoms with Gasteiger partial charge in [0, 0.05) is 43.1 Å². The quantitative estimate of drug-likeness (QED) is 0.744. The number of benzene rings is 1. The first kappa shape index (κ1) is 9.73. The predicted molar refractivity (Wildman–Crippen MR) is 68.0 cm³/mol. The van der Waals surface area contributed by atoms with Crippen LogP contribution in [0.1, 0.15) is 5.56 Å². The Morgan fingerprint density at radius 3 is 2.88 bits per heavy atom. The van der Waals surface area contributed by atoms with Gasteiger partial charge in [0.25, 0.3) is 0 Å². The molecule has 0 amide bonds. The first-order valence-corrected chi connectivity index (χ1v) is 5.94. The number of nitrogens with zero attached hydrogens (tertiary/aromatic N) is 1. The normalized spacial score (nSPS) is 19.1. The van der Waals surface area contributed by atoms with Gasteiger partial charge in [-0.15, -0.1) is 0 Å². The minimum absolute atomic E-state index is 1.04. The van der Waals surface area contributed by atoms with E-state index in [-0.39, 0.29) is 0 Å². The fourth-order valence-corrected chi connectivity index (χ4v) is 2.45. The van der Waals surface area contributed by atoms with Crippen LogP contribution >= 0.6 is 0 Å². The summed E-state index contributed by atoms with van der Waals surface area (Å²) in [5, 5.41) is 6.71. The van der Waals surface area contributed by atoms with Gasteiger partial charge in [0.05, 0.1) is 0 Å².